The number of pyridine rings is 1. The highest BCUT2D eigenvalue weighted by Gasteiger charge is 2.24. The number of benzene rings is 2. The third kappa shape index (κ3) is 5.42. The SMILES string of the molecule is OCC(O)S1=CCc2c1n(Cc1ccccc1)cnc2=Nc1ccc(OCc2ccccn2)c(Cl)c1. The van der Waals surface area contributed by atoms with Crippen LogP contribution < -0.4 is 10.2 Å². The van der Waals surface area contributed by atoms with E-state index in [1.807, 2.05) is 52.4 Å². The molecule has 0 saturated carbocycles. The van der Waals surface area contributed by atoms with Crippen molar-refractivity contribution in [3.05, 3.63) is 107 Å². The number of ether oxygens (including phenoxy) is 1. The second-order valence-corrected chi connectivity index (χ2v) is 10.6. The number of halogens is 1. The molecule has 0 radical (unpaired) electrons. The van der Waals surface area contributed by atoms with Crippen LogP contribution in [0, 0.1) is 0 Å². The molecule has 7 nitrogen and oxygen atoms in total. The minimum atomic E-state index is -0.867. The Morgan fingerprint density at radius 2 is 1.92 bits per heavy atom. The van der Waals surface area contributed by atoms with Crippen LogP contribution in [0.25, 0.3) is 0 Å². The molecule has 2 unspecified atom stereocenters. The van der Waals surface area contributed by atoms with Crippen molar-refractivity contribution in [1.29, 1.82) is 0 Å². The fourth-order valence-electron chi connectivity index (χ4n) is 3.98. The summed E-state index contributed by atoms with van der Waals surface area (Å²) in [6.07, 6.45) is 4.08. The fourth-order valence-corrected chi connectivity index (χ4v) is 6.19. The van der Waals surface area contributed by atoms with Gasteiger partial charge in [-0.1, -0.05) is 48.0 Å². The molecular formula is C27H25ClN4O3S. The predicted octanol–water partition coefficient (Wildman–Crippen LogP) is 4.09. The van der Waals surface area contributed by atoms with E-state index in [0.717, 1.165) is 21.8 Å². The molecule has 4 aromatic rings. The van der Waals surface area contributed by atoms with Gasteiger partial charge in [-0.2, -0.15) is 0 Å². The zero-order valence-electron chi connectivity index (χ0n) is 19.4. The number of fused-ring (bicyclic) bond motifs is 1. The summed E-state index contributed by atoms with van der Waals surface area (Å²) in [5, 5.41) is 23.6. The molecule has 2 N–H and O–H groups in total. The molecule has 1 aliphatic rings. The van der Waals surface area contributed by atoms with Gasteiger partial charge in [0.15, 0.2) is 5.49 Å². The van der Waals surface area contributed by atoms with Crippen LogP contribution >= 0.6 is 22.1 Å². The van der Waals surface area contributed by atoms with Crippen LogP contribution in [0.4, 0.5) is 5.69 Å². The second kappa shape index (κ2) is 11.2. The second-order valence-electron chi connectivity index (χ2n) is 8.18. The Morgan fingerprint density at radius 1 is 1.08 bits per heavy atom. The van der Waals surface area contributed by atoms with Crippen LogP contribution in [-0.4, -0.2) is 42.2 Å². The number of aliphatic hydroxyl groups excluding tert-OH is 2. The molecule has 2 atom stereocenters. The molecule has 5 rings (SSSR count). The lowest BCUT2D eigenvalue weighted by atomic mass is 10.2. The van der Waals surface area contributed by atoms with Gasteiger partial charge in [0.05, 0.1) is 34.4 Å². The summed E-state index contributed by atoms with van der Waals surface area (Å²) < 4.78 is 7.86. The number of hydrogen-bond acceptors (Lipinski definition) is 6. The summed E-state index contributed by atoms with van der Waals surface area (Å²) in [4.78, 5) is 13.7. The van der Waals surface area contributed by atoms with Crippen molar-refractivity contribution in [2.75, 3.05) is 6.61 Å². The van der Waals surface area contributed by atoms with E-state index in [4.69, 9.17) is 21.3 Å². The van der Waals surface area contributed by atoms with Gasteiger partial charge in [0.1, 0.15) is 17.8 Å². The molecule has 184 valence electrons. The summed E-state index contributed by atoms with van der Waals surface area (Å²) in [5.74, 6) is 0.550. The zero-order valence-corrected chi connectivity index (χ0v) is 20.9. The van der Waals surface area contributed by atoms with Gasteiger partial charge in [-0.3, -0.25) is 4.98 Å². The Labute approximate surface area is 216 Å². The molecule has 36 heavy (non-hydrogen) atoms. The van der Waals surface area contributed by atoms with Crippen molar-refractivity contribution in [1.82, 2.24) is 14.5 Å². The van der Waals surface area contributed by atoms with Gasteiger partial charge in [-0.05, 0) is 41.3 Å². The van der Waals surface area contributed by atoms with Crippen molar-refractivity contribution < 1.29 is 14.9 Å². The molecule has 9 heteroatoms. The van der Waals surface area contributed by atoms with Crippen molar-refractivity contribution in [2.24, 2.45) is 4.99 Å². The van der Waals surface area contributed by atoms with E-state index in [2.05, 4.69) is 22.1 Å². The van der Waals surface area contributed by atoms with Crippen molar-refractivity contribution in [2.45, 2.75) is 30.0 Å². The highest BCUT2D eigenvalue weighted by molar-refractivity contribution is 8.15. The summed E-state index contributed by atoms with van der Waals surface area (Å²) in [7, 11) is -0.638. The molecule has 0 saturated heterocycles. The quantitative estimate of drug-likeness (QED) is 0.270. The minimum absolute atomic E-state index is 0.311. The van der Waals surface area contributed by atoms with E-state index < -0.39 is 15.9 Å². The molecule has 0 fully saturated rings. The van der Waals surface area contributed by atoms with E-state index >= 15 is 0 Å². The maximum atomic E-state index is 10.5. The molecule has 0 amide bonds. The van der Waals surface area contributed by atoms with Crippen molar-refractivity contribution in [3.8, 4) is 5.75 Å². The first kappa shape index (κ1) is 24.4. The van der Waals surface area contributed by atoms with Crippen LogP contribution in [0.2, 0.25) is 5.02 Å². The average Bonchev–Trinajstić information content (AvgIpc) is 3.36. The van der Waals surface area contributed by atoms with E-state index in [9.17, 15) is 10.2 Å². The Bertz CT molecular complexity index is 1460. The molecule has 0 bridgehead atoms. The lowest BCUT2D eigenvalue weighted by Gasteiger charge is -2.19. The van der Waals surface area contributed by atoms with Crippen LogP contribution in [0.15, 0.2) is 89.3 Å². The van der Waals surface area contributed by atoms with Gasteiger partial charge in [0.25, 0.3) is 0 Å². The molecule has 2 aromatic carbocycles. The Hall–Kier alpha value is -3.30. The number of hydrogen-bond donors (Lipinski definition) is 2. The number of aromatic nitrogens is 3. The maximum absolute atomic E-state index is 10.5. The van der Waals surface area contributed by atoms with E-state index in [1.165, 1.54) is 0 Å². The zero-order chi connectivity index (χ0) is 24.9. The maximum Gasteiger partial charge on any atom is 0.160 e. The van der Waals surface area contributed by atoms with E-state index in [-0.39, 0.29) is 6.61 Å². The summed E-state index contributed by atoms with van der Waals surface area (Å²) in [5.41, 5.74) is 3.23. The smallest absolute Gasteiger partial charge is 0.160 e. The third-order valence-electron chi connectivity index (χ3n) is 5.70. The Morgan fingerprint density at radius 3 is 2.67 bits per heavy atom. The molecule has 2 aromatic heterocycles. The van der Waals surface area contributed by atoms with Crippen molar-refractivity contribution in [3.63, 3.8) is 0 Å². The number of aliphatic hydroxyl groups is 2. The highest BCUT2D eigenvalue weighted by Crippen LogP contribution is 2.37. The predicted molar refractivity (Wildman–Crippen MR) is 142 cm³/mol. The average molecular weight is 521 g/mol. The molecule has 1 aliphatic heterocycles. The van der Waals surface area contributed by atoms with Crippen LogP contribution in [-0.2, 0) is 19.6 Å². The minimum Gasteiger partial charge on any atom is -0.486 e. The first-order chi connectivity index (χ1) is 17.6. The normalized spacial score (nSPS) is 15.9. The first-order valence-electron chi connectivity index (χ1n) is 11.5. The standard InChI is InChI=1S/C27H25ClN4O3S/c28-23-14-20(9-10-24(23)35-17-21-8-4-5-12-29-21)31-26-22-11-13-36(25(34)16-33)27(22)32(18-30-26)15-19-6-2-1-3-7-19/h1-10,12-14,18,25,33-34H,11,15-17H2. The lowest BCUT2D eigenvalue weighted by Crippen LogP contribution is -2.21. The summed E-state index contributed by atoms with van der Waals surface area (Å²) in [6, 6.07) is 21.1. The third-order valence-corrected chi connectivity index (χ3v) is 8.18. The number of rotatable bonds is 8. The largest absolute Gasteiger partial charge is 0.486 e. The van der Waals surface area contributed by atoms with Crippen LogP contribution in [0.5, 0.6) is 5.75 Å². The van der Waals surface area contributed by atoms with E-state index in [1.54, 1.807) is 24.7 Å². The van der Waals surface area contributed by atoms with Crippen molar-refractivity contribution >= 4 is 33.1 Å². The van der Waals surface area contributed by atoms with Crippen LogP contribution in [0.1, 0.15) is 16.8 Å². The monoisotopic (exact) mass is 520 g/mol. The molecular weight excluding hydrogens is 496 g/mol. The number of nitrogens with zero attached hydrogens (tertiary/aromatic N) is 4. The fraction of sp³-hybridized carbons (Fsp3) is 0.185. The van der Waals surface area contributed by atoms with Gasteiger partial charge in [-0.15, -0.1) is 10.5 Å². The van der Waals surface area contributed by atoms with E-state index in [0.29, 0.717) is 41.5 Å². The van der Waals surface area contributed by atoms with Gasteiger partial charge < -0.3 is 19.5 Å². The molecule has 0 aliphatic carbocycles. The summed E-state index contributed by atoms with van der Waals surface area (Å²) in [6.45, 7) is 0.617. The van der Waals surface area contributed by atoms with Gasteiger partial charge in [0, 0.05) is 24.7 Å². The Balaban J connectivity index is 1.46. The van der Waals surface area contributed by atoms with Gasteiger partial charge in [-0.25, -0.2) is 9.98 Å². The summed E-state index contributed by atoms with van der Waals surface area (Å²) >= 11 is 6.48. The lowest BCUT2D eigenvalue weighted by molar-refractivity contribution is 0.160. The molecule has 3 heterocycles. The van der Waals surface area contributed by atoms with Crippen LogP contribution in [0.3, 0.4) is 0 Å². The van der Waals surface area contributed by atoms with Gasteiger partial charge in [0.2, 0.25) is 0 Å². The first-order valence-corrected chi connectivity index (χ1v) is 13.2. The van der Waals surface area contributed by atoms with Gasteiger partial charge >= 0.3 is 0 Å². The highest BCUT2D eigenvalue weighted by atomic mass is 35.5. The molecule has 0 spiro atoms. The Kier molecular flexibility index (Phi) is 7.58. The topological polar surface area (TPSA) is 92.8 Å².